The Morgan fingerprint density at radius 3 is 2.50 bits per heavy atom. The number of carbonyl (C=O) groups is 1. The summed E-state index contributed by atoms with van der Waals surface area (Å²) in [5, 5.41) is 9.93. The van der Waals surface area contributed by atoms with Gasteiger partial charge in [0.1, 0.15) is 0 Å². The first kappa shape index (κ1) is 16.3. The second-order valence-electron chi connectivity index (χ2n) is 5.32. The number of rotatable bonds is 6. The molecule has 1 aromatic rings. The smallest absolute Gasteiger partial charge is 0.338 e. The summed E-state index contributed by atoms with van der Waals surface area (Å²) in [6, 6.07) is 5.09. The number of carbonyl (C=O) groups excluding carboxylic acids is 1. The van der Waals surface area contributed by atoms with Crippen molar-refractivity contribution in [3.05, 3.63) is 23.8 Å². The molecule has 0 aliphatic carbocycles. The highest BCUT2D eigenvalue weighted by molar-refractivity contribution is 5.92. The molecule has 0 fully saturated rings. The third-order valence-corrected chi connectivity index (χ3v) is 2.84. The fourth-order valence-electron chi connectivity index (χ4n) is 2.02. The van der Waals surface area contributed by atoms with Gasteiger partial charge in [-0.15, -0.1) is 0 Å². The van der Waals surface area contributed by atoms with Gasteiger partial charge in [-0.2, -0.15) is 0 Å². The van der Waals surface area contributed by atoms with Gasteiger partial charge in [-0.05, 0) is 45.9 Å². The molecule has 0 saturated carbocycles. The lowest BCUT2D eigenvalue weighted by Gasteiger charge is -2.30. The van der Waals surface area contributed by atoms with E-state index in [-0.39, 0.29) is 5.97 Å². The summed E-state index contributed by atoms with van der Waals surface area (Å²) in [5.41, 5.74) is 6.95. The zero-order chi connectivity index (χ0) is 15.3. The van der Waals surface area contributed by atoms with Crippen molar-refractivity contribution in [3.8, 4) is 0 Å². The van der Waals surface area contributed by atoms with E-state index in [4.69, 9.17) is 10.5 Å². The number of nitrogens with zero attached hydrogens (tertiary/aromatic N) is 1. The fourth-order valence-corrected chi connectivity index (χ4v) is 2.02. The summed E-state index contributed by atoms with van der Waals surface area (Å²) in [6.45, 7) is 8.76. The van der Waals surface area contributed by atoms with Crippen molar-refractivity contribution in [1.29, 1.82) is 0 Å². The van der Waals surface area contributed by atoms with E-state index in [0.717, 1.165) is 5.69 Å². The molecule has 0 heterocycles. The van der Waals surface area contributed by atoms with Crippen LogP contribution in [-0.4, -0.2) is 36.4 Å². The third-order valence-electron chi connectivity index (χ3n) is 2.84. The van der Waals surface area contributed by atoms with Gasteiger partial charge in [-0.3, -0.25) is 0 Å². The van der Waals surface area contributed by atoms with Gasteiger partial charge in [0.05, 0.1) is 29.1 Å². The van der Waals surface area contributed by atoms with E-state index in [9.17, 15) is 9.90 Å². The van der Waals surface area contributed by atoms with Crippen LogP contribution in [0.15, 0.2) is 18.2 Å². The highest BCUT2D eigenvalue weighted by Gasteiger charge is 2.19. The van der Waals surface area contributed by atoms with Crippen molar-refractivity contribution in [2.75, 3.05) is 30.3 Å². The van der Waals surface area contributed by atoms with Gasteiger partial charge in [0.25, 0.3) is 0 Å². The van der Waals surface area contributed by atoms with Crippen LogP contribution in [0.1, 0.15) is 38.1 Å². The first-order valence-electron chi connectivity index (χ1n) is 6.82. The third kappa shape index (κ3) is 4.42. The molecule has 5 heteroatoms. The Morgan fingerprint density at radius 1 is 1.40 bits per heavy atom. The molecule has 0 spiro atoms. The van der Waals surface area contributed by atoms with Crippen molar-refractivity contribution >= 4 is 17.3 Å². The van der Waals surface area contributed by atoms with Crippen molar-refractivity contribution < 1.29 is 14.6 Å². The number of ether oxygens (including phenoxy) is 1. The van der Waals surface area contributed by atoms with E-state index in [1.165, 1.54) is 0 Å². The number of hydrogen-bond acceptors (Lipinski definition) is 5. The Balaban J connectivity index is 2.99. The Morgan fingerprint density at radius 2 is 2.05 bits per heavy atom. The quantitative estimate of drug-likeness (QED) is 0.616. The highest BCUT2D eigenvalue weighted by Crippen LogP contribution is 2.26. The van der Waals surface area contributed by atoms with Crippen LogP contribution in [0, 0.1) is 0 Å². The summed E-state index contributed by atoms with van der Waals surface area (Å²) in [4.78, 5) is 13.6. The fraction of sp³-hybridized carbons (Fsp3) is 0.533. The van der Waals surface area contributed by atoms with Gasteiger partial charge in [0.2, 0.25) is 0 Å². The molecule has 112 valence electrons. The molecule has 1 aromatic carbocycles. The van der Waals surface area contributed by atoms with Crippen LogP contribution in [0.4, 0.5) is 11.4 Å². The lowest BCUT2D eigenvalue weighted by molar-refractivity contribution is 0.0526. The monoisotopic (exact) mass is 280 g/mol. The molecule has 1 rings (SSSR count). The number of anilines is 2. The van der Waals surface area contributed by atoms with Crippen LogP contribution in [0.25, 0.3) is 0 Å². The summed E-state index contributed by atoms with van der Waals surface area (Å²) < 4.78 is 4.94. The van der Waals surface area contributed by atoms with Crippen molar-refractivity contribution in [1.82, 2.24) is 0 Å². The lowest BCUT2D eigenvalue weighted by atomic mass is 10.1. The highest BCUT2D eigenvalue weighted by atomic mass is 16.5. The molecule has 0 atom stereocenters. The van der Waals surface area contributed by atoms with E-state index in [2.05, 4.69) is 0 Å². The van der Waals surface area contributed by atoms with Gasteiger partial charge in [-0.25, -0.2) is 4.79 Å². The molecule has 0 aromatic heterocycles. The zero-order valence-corrected chi connectivity index (χ0v) is 12.6. The number of nitrogens with two attached hydrogens (primary N) is 1. The molecule has 0 amide bonds. The number of nitrogen functional groups attached to an aromatic ring is 1. The number of benzene rings is 1. The summed E-state index contributed by atoms with van der Waals surface area (Å²) in [7, 11) is 0. The number of hydrogen-bond donors (Lipinski definition) is 2. The summed E-state index contributed by atoms with van der Waals surface area (Å²) >= 11 is 0. The minimum absolute atomic E-state index is 0.334. The Bertz CT molecular complexity index is 467. The summed E-state index contributed by atoms with van der Waals surface area (Å²) in [6.07, 6.45) is 0. The topological polar surface area (TPSA) is 75.8 Å². The maximum atomic E-state index is 11.6. The SMILES string of the molecule is CCOC(=O)c1ccc(N(CC)CC(C)(C)O)c(N)c1. The Labute approximate surface area is 120 Å². The Hall–Kier alpha value is -1.75. The average Bonchev–Trinajstić information content (AvgIpc) is 2.35. The zero-order valence-electron chi connectivity index (χ0n) is 12.6. The van der Waals surface area contributed by atoms with Gasteiger partial charge >= 0.3 is 5.97 Å². The molecule has 0 aliphatic heterocycles. The average molecular weight is 280 g/mol. The first-order chi connectivity index (χ1) is 9.28. The molecule has 0 aliphatic rings. The second kappa shape index (κ2) is 6.61. The Kier molecular flexibility index (Phi) is 5.39. The molecular weight excluding hydrogens is 256 g/mol. The minimum atomic E-state index is -0.817. The van der Waals surface area contributed by atoms with Crippen LogP contribution in [0.3, 0.4) is 0 Å². The van der Waals surface area contributed by atoms with Crippen LogP contribution in [0.5, 0.6) is 0 Å². The van der Waals surface area contributed by atoms with Crippen molar-refractivity contribution in [3.63, 3.8) is 0 Å². The lowest BCUT2D eigenvalue weighted by Crippen LogP contribution is -2.39. The van der Waals surface area contributed by atoms with E-state index < -0.39 is 5.60 Å². The molecule has 20 heavy (non-hydrogen) atoms. The van der Waals surface area contributed by atoms with E-state index in [1.807, 2.05) is 11.8 Å². The van der Waals surface area contributed by atoms with Crippen LogP contribution in [0.2, 0.25) is 0 Å². The molecule has 5 nitrogen and oxygen atoms in total. The molecule has 0 saturated heterocycles. The van der Waals surface area contributed by atoms with Crippen LogP contribution < -0.4 is 10.6 Å². The van der Waals surface area contributed by atoms with Crippen LogP contribution in [-0.2, 0) is 4.74 Å². The van der Waals surface area contributed by atoms with E-state index in [1.54, 1.807) is 39.0 Å². The summed E-state index contributed by atoms with van der Waals surface area (Å²) in [5.74, 6) is -0.378. The van der Waals surface area contributed by atoms with E-state index >= 15 is 0 Å². The van der Waals surface area contributed by atoms with Gasteiger partial charge in [-0.1, -0.05) is 0 Å². The maximum absolute atomic E-state index is 11.6. The van der Waals surface area contributed by atoms with E-state index in [0.29, 0.717) is 30.9 Å². The predicted octanol–water partition coefficient (Wildman–Crippen LogP) is 2.04. The largest absolute Gasteiger partial charge is 0.462 e. The molecular formula is C15H24N2O3. The molecule has 3 N–H and O–H groups in total. The maximum Gasteiger partial charge on any atom is 0.338 e. The standard InChI is InChI=1S/C15H24N2O3/c1-5-17(10-15(3,4)19)13-8-7-11(9-12(13)16)14(18)20-6-2/h7-9,19H,5-6,10,16H2,1-4H3. The number of esters is 1. The molecule has 0 bridgehead atoms. The van der Waals surface area contributed by atoms with Gasteiger partial charge < -0.3 is 20.5 Å². The second-order valence-corrected chi connectivity index (χ2v) is 5.32. The molecule has 0 unspecified atom stereocenters. The van der Waals surface area contributed by atoms with Gasteiger partial charge in [0.15, 0.2) is 0 Å². The number of aliphatic hydroxyl groups is 1. The van der Waals surface area contributed by atoms with Gasteiger partial charge in [0, 0.05) is 13.1 Å². The first-order valence-corrected chi connectivity index (χ1v) is 6.82. The normalized spacial score (nSPS) is 11.2. The molecule has 0 radical (unpaired) electrons. The van der Waals surface area contributed by atoms with Crippen molar-refractivity contribution in [2.24, 2.45) is 0 Å². The van der Waals surface area contributed by atoms with Crippen molar-refractivity contribution in [2.45, 2.75) is 33.3 Å². The number of likely N-dealkylation sites (N-methyl/N-ethyl adjacent to an activating group) is 1. The van der Waals surface area contributed by atoms with Crippen LogP contribution >= 0.6 is 0 Å². The predicted molar refractivity (Wildman–Crippen MR) is 81.0 cm³/mol. The minimum Gasteiger partial charge on any atom is -0.462 e.